The molecule has 2 aliphatic carbocycles. The van der Waals surface area contributed by atoms with Crippen molar-refractivity contribution in [3.05, 3.63) is 63.5 Å². The summed E-state index contributed by atoms with van der Waals surface area (Å²) in [5.74, 6) is -0.478. The van der Waals surface area contributed by atoms with Crippen LogP contribution in [0.2, 0.25) is 0 Å². The van der Waals surface area contributed by atoms with Crippen LogP contribution in [0.5, 0.6) is 5.88 Å². The number of fused-ring (bicyclic) bond motifs is 2. The molecule has 0 spiro atoms. The molecule has 0 unspecified atom stereocenters. The monoisotopic (exact) mass is 442 g/mol. The second-order valence-corrected chi connectivity index (χ2v) is 9.77. The van der Waals surface area contributed by atoms with Gasteiger partial charge in [0.15, 0.2) is 5.78 Å². The predicted molar refractivity (Wildman–Crippen MR) is 114 cm³/mol. The molecule has 1 aromatic carbocycles. The molecule has 0 amide bonds. The number of halogens is 3. The molecular weight excluding hydrogens is 417 g/mol. The van der Waals surface area contributed by atoms with Crippen LogP contribution >= 0.6 is 0 Å². The van der Waals surface area contributed by atoms with Crippen molar-refractivity contribution in [1.29, 1.82) is 0 Å². The minimum atomic E-state index is -4.57. The molecule has 1 atom stereocenters. The molecular formula is C25H25F3N2O2. The minimum absolute atomic E-state index is 0.0226. The number of hydrogen-bond donors (Lipinski definition) is 1. The molecule has 0 fully saturated rings. The van der Waals surface area contributed by atoms with Crippen molar-refractivity contribution in [1.82, 2.24) is 4.98 Å². The predicted octanol–water partition coefficient (Wildman–Crippen LogP) is 5.73. The van der Waals surface area contributed by atoms with Crippen molar-refractivity contribution in [3.8, 4) is 5.88 Å². The van der Waals surface area contributed by atoms with Gasteiger partial charge in [-0.1, -0.05) is 32.0 Å². The summed E-state index contributed by atoms with van der Waals surface area (Å²) in [5, 5.41) is 0. The van der Waals surface area contributed by atoms with Crippen LogP contribution in [0.1, 0.15) is 73.4 Å². The van der Waals surface area contributed by atoms with Gasteiger partial charge >= 0.3 is 6.18 Å². The van der Waals surface area contributed by atoms with Crippen molar-refractivity contribution in [2.45, 2.75) is 64.5 Å². The fraction of sp³-hybridized carbons (Fsp3) is 0.440. The van der Waals surface area contributed by atoms with Gasteiger partial charge in [0.05, 0.1) is 11.1 Å². The number of carbonyl (C=O) groups is 1. The minimum Gasteiger partial charge on any atom is -0.443 e. The van der Waals surface area contributed by atoms with Gasteiger partial charge in [-0.05, 0) is 48.3 Å². The smallest absolute Gasteiger partial charge is 0.416 e. The van der Waals surface area contributed by atoms with E-state index in [0.29, 0.717) is 23.4 Å². The maximum atomic E-state index is 14.0. The molecule has 0 saturated carbocycles. The van der Waals surface area contributed by atoms with Gasteiger partial charge in [0.2, 0.25) is 5.88 Å². The van der Waals surface area contributed by atoms with E-state index >= 15 is 0 Å². The van der Waals surface area contributed by atoms with E-state index in [1.165, 1.54) is 12.1 Å². The largest absolute Gasteiger partial charge is 0.443 e. The SMILES string of the molecule is CC1(C)CC(=O)C2=C(C1)Oc1nc3c(c(N)c1[C@H]2c1ccccc1C(F)(F)F)CCCC3. The van der Waals surface area contributed by atoms with Crippen LogP contribution in [-0.2, 0) is 23.8 Å². The highest BCUT2D eigenvalue weighted by Crippen LogP contribution is 2.53. The quantitative estimate of drug-likeness (QED) is 0.613. The Bertz CT molecular complexity index is 1160. The number of aromatic nitrogens is 1. The molecule has 5 rings (SSSR count). The van der Waals surface area contributed by atoms with E-state index in [1.807, 2.05) is 13.8 Å². The second-order valence-electron chi connectivity index (χ2n) is 9.77. The number of carbonyl (C=O) groups excluding carboxylic acids is 1. The first kappa shape index (κ1) is 21.0. The number of alkyl halides is 3. The maximum absolute atomic E-state index is 14.0. The lowest BCUT2D eigenvalue weighted by Gasteiger charge is -2.39. The zero-order chi connectivity index (χ0) is 22.8. The van der Waals surface area contributed by atoms with Crippen molar-refractivity contribution < 1.29 is 22.7 Å². The molecule has 4 nitrogen and oxygen atoms in total. The van der Waals surface area contributed by atoms with Crippen molar-refractivity contribution in [2.24, 2.45) is 5.41 Å². The van der Waals surface area contributed by atoms with Crippen molar-refractivity contribution in [3.63, 3.8) is 0 Å². The number of aryl methyl sites for hydroxylation is 1. The lowest BCUT2D eigenvalue weighted by molar-refractivity contribution is -0.138. The second kappa shape index (κ2) is 7.09. The number of nitrogen functional groups attached to an aromatic ring is 1. The topological polar surface area (TPSA) is 65.2 Å². The van der Waals surface area contributed by atoms with Crippen LogP contribution < -0.4 is 10.5 Å². The van der Waals surface area contributed by atoms with Gasteiger partial charge in [-0.2, -0.15) is 13.2 Å². The molecule has 0 bridgehead atoms. The Morgan fingerprint density at radius 2 is 1.84 bits per heavy atom. The Morgan fingerprint density at radius 1 is 1.12 bits per heavy atom. The number of allylic oxidation sites excluding steroid dienone is 2. The van der Waals surface area contributed by atoms with E-state index < -0.39 is 17.7 Å². The molecule has 2 aromatic rings. The molecule has 2 heterocycles. The number of benzene rings is 1. The number of hydrogen-bond acceptors (Lipinski definition) is 4. The summed E-state index contributed by atoms with van der Waals surface area (Å²) in [7, 11) is 0. The zero-order valence-corrected chi connectivity index (χ0v) is 18.1. The van der Waals surface area contributed by atoms with E-state index in [0.717, 1.165) is 43.0 Å². The van der Waals surface area contributed by atoms with E-state index in [2.05, 4.69) is 0 Å². The number of rotatable bonds is 1. The zero-order valence-electron chi connectivity index (χ0n) is 18.1. The van der Waals surface area contributed by atoms with Crippen LogP contribution in [-0.4, -0.2) is 10.8 Å². The Hall–Kier alpha value is -2.83. The third-order valence-corrected chi connectivity index (χ3v) is 6.77. The number of pyridine rings is 1. The van der Waals surface area contributed by atoms with Crippen molar-refractivity contribution in [2.75, 3.05) is 5.73 Å². The van der Waals surface area contributed by atoms with Crippen LogP contribution in [0.15, 0.2) is 35.6 Å². The Kier molecular flexibility index (Phi) is 4.66. The summed E-state index contributed by atoms with van der Waals surface area (Å²) in [6, 6.07) is 5.43. The normalized spacial score (nSPS) is 22.0. The summed E-state index contributed by atoms with van der Waals surface area (Å²) < 4.78 is 48.2. The van der Waals surface area contributed by atoms with Gasteiger partial charge in [-0.15, -0.1) is 0 Å². The van der Waals surface area contributed by atoms with Gasteiger partial charge in [0.1, 0.15) is 5.76 Å². The first-order valence-corrected chi connectivity index (χ1v) is 11.0. The number of ketones is 1. The third kappa shape index (κ3) is 3.29. The molecule has 1 aliphatic heterocycles. The average molecular weight is 442 g/mol. The Balaban J connectivity index is 1.81. The summed E-state index contributed by atoms with van der Waals surface area (Å²) in [5.41, 5.74) is 8.33. The summed E-state index contributed by atoms with van der Waals surface area (Å²) in [6.45, 7) is 3.92. The average Bonchev–Trinajstić information content (AvgIpc) is 2.71. The van der Waals surface area contributed by atoms with Gasteiger partial charge in [0, 0.05) is 35.7 Å². The molecule has 3 aliphatic rings. The van der Waals surface area contributed by atoms with Crippen LogP contribution in [0.25, 0.3) is 0 Å². The molecule has 2 N–H and O–H groups in total. The molecule has 7 heteroatoms. The lowest BCUT2D eigenvalue weighted by Crippen LogP contribution is -2.34. The van der Waals surface area contributed by atoms with E-state index in [9.17, 15) is 18.0 Å². The van der Waals surface area contributed by atoms with Gasteiger partial charge in [-0.25, -0.2) is 4.98 Å². The van der Waals surface area contributed by atoms with Gasteiger partial charge in [-0.3, -0.25) is 4.79 Å². The summed E-state index contributed by atoms with van der Waals surface area (Å²) in [4.78, 5) is 18.0. The number of nitrogens with zero attached hydrogens (tertiary/aromatic N) is 1. The third-order valence-electron chi connectivity index (χ3n) is 6.77. The molecule has 168 valence electrons. The summed E-state index contributed by atoms with van der Waals surface area (Å²) in [6.07, 6.45) is -0.451. The highest BCUT2D eigenvalue weighted by atomic mass is 19.4. The van der Waals surface area contributed by atoms with Crippen LogP contribution in [0.3, 0.4) is 0 Å². The summed E-state index contributed by atoms with van der Waals surface area (Å²) >= 11 is 0. The highest BCUT2D eigenvalue weighted by molar-refractivity contribution is 6.00. The Labute approximate surface area is 184 Å². The van der Waals surface area contributed by atoms with Crippen LogP contribution in [0.4, 0.5) is 18.9 Å². The standard InChI is InChI=1S/C25H25F3N2O2/c1-24(2)11-17(31)20-18(12-24)32-23-21(22(29)14-8-4-6-10-16(14)30-23)19(20)13-7-3-5-9-15(13)25(26,27)28/h3,5,7,9,19H,4,6,8,10-12H2,1-2H3,(H2,29,30)/t19-/m0/s1. The highest BCUT2D eigenvalue weighted by Gasteiger charge is 2.46. The van der Waals surface area contributed by atoms with Crippen molar-refractivity contribution >= 4 is 11.5 Å². The first-order valence-electron chi connectivity index (χ1n) is 11.0. The molecule has 0 radical (unpaired) electrons. The van der Waals surface area contributed by atoms with E-state index in [1.54, 1.807) is 6.07 Å². The van der Waals surface area contributed by atoms with Gasteiger partial charge in [0.25, 0.3) is 0 Å². The molecule has 0 saturated heterocycles. The van der Waals surface area contributed by atoms with Gasteiger partial charge < -0.3 is 10.5 Å². The fourth-order valence-corrected chi connectivity index (χ4v) is 5.39. The first-order chi connectivity index (χ1) is 15.1. The number of Topliss-reactive ketones (excluding diaryl/α,β-unsaturated/α-hetero) is 1. The molecule has 32 heavy (non-hydrogen) atoms. The van der Waals surface area contributed by atoms with Crippen LogP contribution in [0, 0.1) is 5.41 Å². The number of anilines is 1. The maximum Gasteiger partial charge on any atom is 0.416 e. The number of ether oxygens (including phenoxy) is 1. The van der Waals surface area contributed by atoms with E-state index in [-0.39, 0.29) is 34.6 Å². The fourth-order valence-electron chi connectivity index (χ4n) is 5.39. The molecule has 1 aromatic heterocycles. The number of nitrogens with two attached hydrogens (primary N) is 1. The Morgan fingerprint density at radius 3 is 2.59 bits per heavy atom. The lowest BCUT2D eigenvalue weighted by atomic mass is 9.69. The van der Waals surface area contributed by atoms with E-state index in [4.69, 9.17) is 15.5 Å².